The lowest BCUT2D eigenvalue weighted by Crippen LogP contribution is -2.61. The van der Waals surface area contributed by atoms with Gasteiger partial charge < -0.3 is 14.9 Å². The third-order valence-electron chi connectivity index (χ3n) is 3.47. The lowest BCUT2D eigenvalue weighted by molar-refractivity contribution is -0.157. The van der Waals surface area contributed by atoms with Gasteiger partial charge in [0.25, 0.3) is 0 Å². The molecule has 2 unspecified atom stereocenters. The minimum atomic E-state index is -1.60. The number of carboxylic acids is 1. The van der Waals surface area contributed by atoms with Gasteiger partial charge in [0.05, 0.1) is 6.10 Å². The fraction of sp³-hybridized carbons (Fsp3) is 0.846. The maximum Gasteiger partial charge on any atom is 0.411 e. The summed E-state index contributed by atoms with van der Waals surface area (Å²) in [7, 11) is 0. The summed E-state index contributed by atoms with van der Waals surface area (Å²) in [4.78, 5) is 25.0. The van der Waals surface area contributed by atoms with Gasteiger partial charge in [-0.2, -0.15) is 0 Å². The van der Waals surface area contributed by atoms with Gasteiger partial charge in [0.2, 0.25) is 0 Å². The molecule has 0 aromatic rings. The van der Waals surface area contributed by atoms with Crippen molar-refractivity contribution in [1.82, 2.24) is 4.90 Å². The molecule has 0 bridgehead atoms. The summed E-state index contributed by atoms with van der Waals surface area (Å²) in [6.07, 6.45) is -1.11. The van der Waals surface area contributed by atoms with Gasteiger partial charge in [-0.05, 0) is 47.5 Å². The zero-order valence-corrected chi connectivity index (χ0v) is 12.1. The summed E-state index contributed by atoms with van der Waals surface area (Å²) < 4.78 is 5.26. The molecule has 0 aromatic carbocycles. The third kappa shape index (κ3) is 2.83. The first kappa shape index (κ1) is 15.8. The zero-order valence-electron chi connectivity index (χ0n) is 12.1. The van der Waals surface area contributed by atoms with Crippen LogP contribution in [0.15, 0.2) is 0 Å². The number of hydrogen-bond acceptors (Lipinski definition) is 4. The van der Waals surface area contributed by atoms with E-state index in [9.17, 15) is 19.8 Å². The molecule has 2 N–H and O–H groups in total. The molecule has 6 heteroatoms. The van der Waals surface area contributed by atoms with Crippen molar-refractivity contribution in [3.8, 4) is 0 Å². The third-order valence-corrected chi connectivity index (χ3v) is 3.47. The zero-order chi connectivity index (χ0) is 15.0. The summed E-state index contributed by atoms with van der Waals surface area (Å²) in [5, 5.41) is 19.3. The first-order chi connectivity index (χ1) is 8.52. The van der Waals surface area contributed by atoms with Crippen molar-refractivity contribution in [2.45, 2.75) is 70.7 Å². The summed E-state index contributed by atoms with van der Waals surface area (Å²) >= 11 is 0. The van der Waals surface area contributed by atoms with E-state index in [-0.39, 0.29) is 12.5 Å². The molecule has 3 atom stereocenters. The van der Waals surface area contributed by atoms with Crippen LogP contribution in [0.2, 0.25) is 0 Å². The summed E-state index contributed by atoms with van der Waals surface area (Å²) in [6, 6.07) is -0.277. The van der Waals surface area contributed by atoms with E-state index in [1.165, 1.54) is 11.8 Å². The number of rotatable bonds is 2. The predicted molar refractivity (Wildman–Crippen MR) is 68.8 cm³/mol. The summed E-state index contributed by atoms with van der Waals surface area (Å²) in [5.74, 6) is -1.20. The molecule has 1 heterocycles. The number of aliphatic carboxylic acids is 1. The molecule has 0 aromatic heterocycles. The van der Waals surface area contributed by atoms with Crippen molar-refractivity contribution < 1.29 is 24.5 Å². The predicted octanol–water partition coefficient (Wildman–Crippen LogP) is 1.61. The van der Waals surface area contributed by atoms with Gasteiger partial charge in [-0.25, -0.2) is 9.59 Å². The topological polar surface area (TPSA) is 87.1 Å². The number of ether oxygens (including phenoxy) is 1. The van der Waals surface area contributed by atoms with Crippen LogP contribution in [-0.4, -0.2) is 50.5 Å². The van der Waals surface area contributed by atoms with Gasteiger partial charge in [-0.3, -0.25) is 4.90 Å². The number of amides is 1. The van der Waals surface area contributed by atoms with Gasteiger partial charge in [-0.15, -0.1) is 0 Å². The van der Waals surface area contributed by atoms with Crippen LogP contribution in [0.5, 0.6) is 0 Å². The Bertz CT molecular complexity index is 374. The lowest BCUT2D eigenvalue weighted by Gasteiger charge is -2.39. The Kier molecular flexibility index (Phi) is 4.14. The molecule has 1 rings (SSSR count). The first-order valence-electron chi connectivity index (χ1n) is 6.46. The van der Waals surface area contributed by atoms with E-state index in [0.29, 0.717) is 6.42 Å². The molecule has 0 spiro atoms. The maximum atomic E-state index is 12.2. The molecule has 0 saturated carbocycles. The molecular formula is C13H23NO5. The number of carbonyl (C=O) groups excluding carboxylic acids is 1. The quantitative estimate of drug-likeness (QED) is 0.798. The van der Waals surface area contributed by atoms with Crippen molar-refractivity contribution in [2.75, 3.05) is 0 Å². The molecule has 0 aliphatic carbocycles. The monoisotopic (exact) mass is 273 g/mol. The van der Waals surface area contributed by atoms with Gasteiger partial charge >= 0.3 is 12.1 Å². The Labute approximate surface area is 113 Å². The number of likely N-dealkylation sites (tertiary alicyclic amines) is 1. The van der Waals surface area contributed by atoms with Crippen LogP contribution in [0, 0.1) is 0 Å². The van der Waals surface area contributed by atoms with Crippen LogP contribution < -0.4 is 0 Å². The highest BCUT2D eigenvalue weighted by atomic mass is 16.6. The van der Waals surface area contributed by atoms with Crippen LogP contribution in [0.1, 0.15) is 47.5 Å². The Morgan fingerprint density at radius 2 is 1.95 bits per heavy atom. The molecule has 1 fully saturated rings. The number of carbonyl (C=O) groups is 2. The minimum absolute atomic E-state index is 0.223. The molecular weight excluding hydrogens is 250 g/mol. The van der Waals surface area contributed by atoms with Crippen molar-refractivity contribution in [1.29, 1.82) is 0 Å². The smallest absolute Gasteiger partial charge is 0.411 e. The Morgan fingerprint density at radius 3 is 2.32 bits per heavy atom. The molecule has 1 saturated heterocycles. The fourth-order valence-electron chi connectivity index (χ4n) is 2.52. The molecule has 19 heavy (non-hydrogen) atoms. The number of aliphatic hydroxyl groups excluding tert-OH is 1. The summed E-state index contributed by atoms with van der Waals surface area (Å²) in [6.45, 7) is 8.31. The highest BCUT2D eigenvalue weighted by molar-refractivity contribution is 5.86. The first-order valence-corrected chi connectivity index (χ1v) is 6.46. The van der Waals surface area contributed by atoms with E-state index in [4.69, 9.17) is 4.74 Å². The Hall–Kier alpha value is -1.30. The molecule has 1 aliphatic rings. The number of nitrogens with zero attached hydrogens (tertiary/aromatic N) is 1. The summed E-state index contributed by atoms with van der Waals surface area (Å²) in [5.41, 5.74) is -2.30. The largest absolute Gasteiger partial charge is 0.479 e. The van der Waals surface area contributed by atoms with E-state index in [1.807, 2.05) is 0 Å². The van der Waals surface area contributed by atoms with Crippen molar-refractivity contribution in [2.24, 2.45) is 0 Å². The number of hydrogen-bond donors (Lipinski definition) is 2. The van der Waals surface area contributed by atoms with Gasteiger partial charge in [0.15, 0.2) is 5.54 Å². The van der Waals surface area contributed by atoms with Crippen LogP contribution in [-0.2, 0) is 9.53 Å². The van der Waals surface area contributed by atoms with Gasteiger partial charge in [-0.1, -0.05) is 0 Å². The fourth-order valence-corrected chi connectivity index (χ4v) is 2.52. The van der Waals surface area contributed by atoms with E-state index in [1.54, 1.807) is 27.7 Å². The number of carboxylic acid groups (broad SMARTS) is 1. The van der Waals surface area contributed by atoms with Crippen molar-refractivity contribution in [3.63, 3.8) is 0 Å². The maximum absolute atomic E-state index is 12.2. The second kappa shape index (κ2) is 5.00. The van der Waals surface area contributed by atoms with E-state index < -0.39 is 29.3 Å². The van der Waals surface area contributed by atoms with Crippen LogP contribution >= 0.6 is 0 Å². The second-order valence-electron chi connectivity index (χ2n) is 6.14. The van der Waals surface area contributed by atoms with Crippen LogP contribution in [0.25, 0.3) is 0 Å². The van der Waals surface area contributed by atoms with Crippen LogP contribution in [0.4, 0.5) is 4.79 Å². The van der Waals surface area contributed by atoms with E-state index >= 15 is 0 Å². The molecule has 1 amide bonds. The van der Waals surface area contributed by atoms with Crippen molar-refractivity contribution in [3.05, 3.63) is 0 Å². The van der Waals surface area contributed by atoms with E-state index in [0.717, 1.165) is 0 Å². The van der Waals surface area contributed by atoms with Gasteiger partial charge in [0, 0.05) is 6.04 Å². The molecule has 6 nitrogen and oxygen atoms in total. The second-order valence-corrected chi connectivity index (χ2v) is 6.14. The van der Waals surface area contributed by atoms with Gasteiger partial charge in [0.1, 0.15) is 5.60 Å². The van der Waals surface area contributed by atoms with E-state index in [2.05, 4.69) is 0 Å². The highest BCUT2D eigenvalue weighted by Crippen LogP contribution is 2.38. The van der Waals surface area contributed by atoms with Crippen molar-refractivity contribution >= 4 is 12.1 Å². The number of aliphatic hydroxyl groups is 1. The standard InChI is InChI=1S/C13H23NO5/c1-8-6-7-13(9(2)15,10(16)17)14(8)11(18)19-12(3,4)5/h8-9,15H,6-7H2,1-5H3,(H,16,17)/t8?,9?,13-/m0/s1. The molecule has 110 valence electrons. The van der Waals surface area contributed by atoms with Crippen LogP contribution in [0.3, 0.4) is 0 Å². The minimum Gasteiger partial charge on any atom is -0.479 e. The SMILES string of the molecule is CC1CC[C@@](C(=O)O)(C(C)O)N1C(=O)OC(C)(C)C. The average molecular weight is 273 g/mol. The molecule has 1 aliphatic heterocycles. The lowest BCUT2D eigenvalue weighted by atomic mass is 9.90. The average Bonchev–Trinajstić information content (AvgIpc) is 2.54. The Morgan fingerprint density at radius 1 is 1.42 bits per heavy atom. The highest BCUT2D eigenvalue weighted by Gasteiger charge is 2.57. The Balaban J connectivity index is 3.12. The normalized spacial score (nSPS) is 29.2. The molecule has 0 radical (unpaired) electrons.